The predicted molar refractivity (Wildman–Crippen MR) is 61.6 cm³/mol. The summed E-state index contributed by atoms with van der Waals surface area (Å²) in [6, 6.07) is 4.09. The summed E-state index contributed by atoms with van der Waals surface area (Å²) in [5.74, 6) is 1.73. The molecule has 0 saturated carbocycles. The molecule has 1 aromatic rings. The van der Waals surface area contributed by atoms with Crippen molar-refractivity contribution >= 4 is 0 Å². The number of nitrogens with two attached hydrogens (primary N) is 1. The molecule has 2 N–H and O–H groups in total. The standard InChI is InChI=1S/C12H19NO2/c1-8(13)7-10-5-6-11(14-3)9(2)12(10)15-4/h5-6,8H,7,13H2,1-4H3. The fourth-order valence-electron chi connectivity index (χ4n) is 1.74. The second kappa shape index (κ2) is 5.03. The van der Waals surface area contributed by atoms with Crippen molar-refractivity contribution in [1.82, 2.24) is 0 Å². The van der Waals surface area contributed by atoms with E-state index < -0.39 is 0 Å². The molecule has 84 valence electrons. The first-order valence-corrected chi connectivity index (χ1v) is 5.06. The van der Waals surface area contributed by atoms with Crippen LogP contribution in [0.4, 0.5) is 0 Å². The fourth-order valence-corrected chi connectivity index (χ4v) is 1.74. The third-order valence-corrected chi connectivity index (χ3v) is 2.40. The summed E-state index contributed by atoms with van der Waals surface area (Å²) in [5.41, 5.74) is 7.94. The Morgan fingerprint density at radius 2 is 1.93 bits per heavy atom. The molecule has 0 heterocycles. The molecule has 1 atom stereocenters. The fraction of sp³-hybridized carbons (Fsp3) is 0.500. The first-order chi connectivity index (χ1) is 7.10. The molecule has 0 aliphatic rings. The van der Waals surface area contributed by atoms with Crippen LogP contribution in [0.3, 0.4) is 0 Å². The van der Waals surface area contributed by atoms with Crippen LogP contribution in [0, 0.1) is 6.92 Å². The molecule has 1 rings (SSSR count). The zero-order valence-electron chi connectivity index (χ0n) is 9.83. The molecule has 0 amide bonds. The zero-order valence-corrected chi connectivity index (χ0v) is 9.83. The maximum Gasteiger partial charge on any atom is 0.128 e. The normalized spacial score (nSPS) is 12.3. The predicted octanol–water partition coefficient (Wildman–Crippen LogP) is 1.90. The lowest BCUT2D eigenvalue weighted by Crippen LogP contribution is -2.18. The van der Waals surface area contributed by atoms with Crippen LogP contribution >= 0.6 is 0 Å². The first-order valence-electron chi connectivity index (χ1n) is 5.06. The van der Waals surface area contributed by atoms with Crippen LogP contribution in [0.5, 0.6) is 11.5 Å². The number of hydrogen-bond donors (Lipinski definition) is 1. The van der Waals surface area contributed by atoms with E-state index in [-0.39, 0.29) is 6.04 Å². The summed E-state index contributed by atoms with van der Waals surface area (Å²) >= 11 is 0. The molecule has 0 saturated heterocycles. The van der Waals surface area contributed by atoms with Crippen molar-refractivity contribution in [2.75, 3.05) is 14.2 Å². The van der Waals surface area contributed by atoms with Crippen LogP contribution in [-0.4, -0.2) is 20.3 Å². The summed E-state index contributed by atoms with van der Waals surface area (Å²) in [7, 11) is 3.33. The molecule has 3 nitrogen and oxygen atoms in total. The monoisotopic (exact) mass is 209 g/mol. The van der Waals surface area contributed by atoms with Gasteiger partial charge in [0.05, 0.1) is 14.2 Å². The molecule has 0 fully saturated rings. The molecule has 0 aromatic heterocycles. The zero-order chi connectivity index (χ0) is 11.4. The van der Waals surface area contributed by atoms with Gasteiger partial charge in [-0.05, 0) is 31.9 Å². The van der Waals surface area contributed by atoms with Crippen molar-refractivity contribution < 1.29 is 9.47 Å². The summed E-state index contributed by atoms with van der Waals surface area (Å²) < 4.78 is 10.6. The summed E-state index contributed by atoms with van der Waals surface area (Å²) in [6.07, 6.45) is 0.813. The molecule has 0 aliphatic heterocycles. The van der Waals surface area contributed by atoms with Crippen molar-refractivity contribution in [1.29, 1.82) is 0 Å². The summed E-state index contributed by atoms with van der Waals surface area (Å²) in [6.45, 7) is 3.97. The summed E-state index contributed by atoms with van der Waals surface area (Å²) in [5, 5.41) is 0. The lowest BCUT2D eigenvalue weighted by atomic mass is 10.0. The average Bonchev–Trinajstić information content (AvgIpc) is 2.18. The van der Waals surface area contributed by atoms with Gasteiger partial charge in [0.1, 0.15) is 11.5 Å². The van der Waals surface area contributed by atoms with Gasteiger partial charge in [-0.25, -0.2) is 0 Å². The second-order valence-electron chi connectivity index (χ2n) is 3.77. The Kier molecular flexibility index (Phi) is 3.97. The Balaban J connectivity index is 3.12. The Morgan fingerprint density at radius 3 is 2.40 bits per heavy atom. The minimum atomic E-state index is 0.131. The first kappa shape index (κ1) is 11.9. The third kappa shape index (κ3) is 2.63. The topological polar surface area (TPSA) is 44.5 Å². The maximum atomic E-state index is 5.78. The van der Waals surface area contributed by atoms with Crippen LogP contribution in [0.15, 0.2) is 12.1 Å². The minimum Gasteiger partial charge on any atom is -0.496 e. The van der Waals surface area contributed by atoms with Gasteiger partial charge >= 0.3 is 0 Å². The van der Waals surface area contributed by atoms with E-state index in [1.54, 1.807) is 14.2 Å². The smallest absolute Gasteiger partial charge is 0.128 e. The van der Waals surface area contributed by atoms with Gasteiger partial charge in [-0.2, -0.15) is 0 Å². The number of benzene rings is 1. The van der Waals surface area contributed by atoms with E-state index in [0.717, 1.165) is 29.0 Å². The molecule has 0 bridgehead atoms. The Labute approximate surface area is 91.2 Å². The van der Waals surface area contributed by atoms with Crippen LogP contribution in [-0.2, 0) is 6.42 Å². The van der Waals surface area contributed by atoms with E-state index in [4.69, 9.17) is 15.2 Å². The van der Waals surface area contributed by atoms with E-state index in [9.17, 15) is 0 Å². The van der Waals surface area contributed by atoms with Gasteiger partial charge in [0, 0.05) is 11.6 Å². The highest BCUT2D eigenvalue weighted by molar-refractivity contribution is 5.49. The average molecular weight is 209 g/mol. The molecular formula is C12H19NO2. The molecule has 1 unspecified atom stereocenters. The van der Waals surface area contributed by atoms with Gasteiger partial charge in [0.2, 0.25) is 0 Å². The highest BCUT2D eigenvalue weighted by Crippen LogP contribution is 2.31. The molecule has 1 aromatic carbocycles. The SMILES string of the molecule is COc1ccc(CC(C)N)c(OC)c1C. The molecule has 0 aliphatic carbocycles. The van der Waals surface area contributed by atoms with Crippen LogP contribution in [0.2, 0.25) is 0 Å². The number of ether oxygens (including phenoxy) is 2. The highest BCUT2D eigenvalue weighted by atomic mass is 16.5. The lowest BCUT2D eigenvalue weighted by Gasteiger charge is -2.15. The van der Waals surface area contributed by atoms with Gasteiger partial charge in [0.25, 0.3) is 0 Å². The molecule has 0 spiro atoms. The van der Waals surface area contributed by atoms with Crippen molar-refractivity contribution in [2.45, 2.75) is 26.3 Å². The largest absolute Gasteiger partial charge is 0.496 e. The van der Waals surface area contributed by atoms with E-state index in [1.165, 1.54) is 0 Å². The Hall–Kier alpha value is -1.22. The maximum absolute atomic E-state index is 5.78. The van der Waals surface area contributed by atoms with Crippen LogP contribution < -0.4 is 15.2 Å². The van der Waals surface area contributed by atoms with Gasteiger partial charge in [0.15, 0.2) is 0 Å². The van der Waals surface area contributed by atoms with Crippen molar-refractivity contribution in [3.05, 3.63) is 23.3 Å². The minimum absolute atomic E-state index is 0.131. The van der Waals surface area contributed by atoms with Gasteiger partial charge in [-0.1, -0.05) is 6.07 Å². The van der Waals surface area contributed by atoms with Gasteiger partial charge in [-0.15, -0.1) is 0 Å². The van der Waals surface area contributed by atoms with E-state index in [2.05, 4.69) is 0 Å². The van der Waals surface area contributed by atoms with E-state index in [0.29, 0.717) is 0 Å². The summed E-state index contributed by atoms with van der Waals surface area (Å²) in [4.78, 5) is 0. The third-order valence-electron chi connectivity index (χ3n) is 2.40. The van der Waals surface area contributed by atoms with Crippen molar-refractivity contribution in [2.24, 2.45) is 5.73 Å². The van der Waals surface area contributed by atoms with Crippen molar-refractivity contribution in [3.63, 3.8) is 0 Å². The molecule has 15 heavy (non-hydrogen) atoms. The number of methoxy groups -OCH3 is 2. The number of rotatable bonds is 4. The Morgan fingerprint density at radius 1 is 1.27 bits per heavy atom. The molecular weight excluding hydrogens is 190 g/mol. The van der Waals surface area contributed by atoms with E-state index in [1.807, 2.05) is 26.0 Å². The molecule has 0 radical (unpaired) electrons. The van der Waals surface area contributed by atoms with Gasteiger partial charge < -0.3 is 15.2 Å². The lowest BCUT2D eigenvalue weighted by molar-refractivity contribution is 0.384. The van der Waals surface area contributed by atoms with Gasteiger partial charge in [-0.3, -0.25) is 0 Å². The van der Waals surface area contributed by atoms with Crippen molar-refractivity contribution in [3.8, 4) is 11.5 Å². The quantitative estimate of drug-likeness (QED) is 0.823. The van der Waals surface area contributed by atoms with Crippen LogP contribution in [0.1, 0.15) is 18.1 Å². The van der Waals surface area contributed by atoms with E-state index >= 15 is 0 Å². The van der Waals surface area contributed by atoms with Crippen LogP contribution in [0.25, 0.3) is 0 Å². The Bertz CT molecular complexity index is 335. The number of hydrogen-bond acceptors (Lipinski definition) is 3. The second-order valence-corrected chi connectivity index (χ2v) is 3.77. The highest BCUT2D eigenvalue weighted by Gasteiger charge is 2.11. The molecule has 3 heteroatoms.